The fourth-order valence-corrected chi connectivity index (χ4v) is 4.41. The highest BCUT2D eigenvalue weighted by Crippen LogP contribution is 2.41. The molecule has 10 heteroatoms. The first-order valence-electron chi connectivity index (χ1n) is 8.54. The molecule has 0 amide bonds. The molecule has 0 spiro atoms. The number of piperazine rings is 1. The number of hydrogen-bond donors (Lipinski definition) is 1. The van der Waals surface area contributed by atoms with Crippen LogP contribution >= 0.6 is 44.3 Å². The summed E-state index contributed by atoms with van der Waals surface area (Å²) in [5.41, 5.74) is 1.34. The van der Waals surface area contributed by atoms with E-state index >= 15 is 0 Å². The predicted octanol–water partition coefficient (Wildman–Crippen LogP) is 4.10. The van der Waals surface area contributed by atoms with Crippen LogP contribution in [0.2, 0.25) is 0 Å². The van der Waals surface area contributed by atoms with Crippen molar-refractivity contribution in [2.24, 2.45) is 5.92 Å². The first kappa shape index (κ1) is 19.9. The van der Waals surface area contributed by atoms with E-state index in [9.17, 15) is 10.1 Å². The molecule has 0 bridgehead atoms. The number of benzene rings is 1. The Morgan fingerprint density at radius 2 is 2.00 bits per heavy atom. The normalized spacial score (nSPS) is 17.8. The van der Waals surface area contributed by atoms with E-state index in [4.69, 9.17) is 4.98 Å². The highest BCUT2D eigenvalue weighted by atomic mass is 79.9. The average Bonchev–Trinajstić information content (AvgIpc) is 2.90. The lowest BCUT2D eigenvalue weighted by Gasteiger charge is -2.31. The molecular formula is C16H20Br2ClN5O2. The maximum Gasteiger partial charge on any atom is 0.312 e. The molecule has 0 atom stereocenters. The number of nitrogens with zero attached hydrogens (tertiary/aromatic N) is 4. The molecule has 2 aromatic rings. The van der Waals surface area contributed by atoms with Crippen molar-refractivity contribution in [3.8, 4) is 0 Å². The maximum absolute atomic E-state index is 11.7. The fraction of sp³-hybridized carbons (Fsp3) is 0.562. The van der Waals surface area contributed by atoms with Gasteiger partial charge in [-0.2, -0.15) is 0 Å². The van der Waals surface area contributed by atoms with E-state index in [0.29, 0.717) is 20.4 Å². The molecule has 1 saturated carbocycles. The number of imidazole rings is 1. The molecule has 2 heterocycles. The predicted molar refractivity (Wildman–Crippen MR) is 111 cm³/mol. The number of nitro groups is 1. The number of nitrogens with one attached hydrogen (secondary N) is 1. The number of hydrogen-bond acceptors (Lipinski definition) is 5. The van der Waals surface area contributed by atoms with E-state index in [1.54, 1.807) is 0 Å². The van der Waals surface area contributed by atoms with Gasteiger partial charge in [0.25, 0.3) is 0 Å². The smallest absolute Gasteiger partial charge is 0.312 e. The fourth-order valence-electron chi connectivity index (χ4n) is 3.56. The van der Waals surface area contributed by atoms with Crippen molar-refractivity contribution in [3.05, 3.63) is 25.1 Å². The lowest BCUT2D eigenvalue weighted by Crippen LogP contribution is -2.44. The third-order valence-electron chi connectivity index (χ3n) is 5.14. The van der Waals surface area contributed by atoms with Gasteiger partial charge in [0.1, 0.15) is 4.47 Å². The lowest BCUT2D eigenvalue weighted by molar-refractivity contribution is -0.384. The molecule has 0 radical (unpaired) electrons. The molecule has 142 valence electrons. The molecule has 0 unspecified atom stereocenters. The first-order valence-corrected chi connectivity index (χ1v) is 10.1. The highest BCUT2D eigenvalue weighted by molar-refractivity contribution is 9.13. The van der Waals surface area contributed by atoms with E-state index in [-0.39, 0.29) is 23.0 Å². The van der Waals surface area contributed by atoms with E-state index < -0.39 is 0 Å². The Morgan fingerprint density at radius 1 is 1.31 bits per heavy atom. The van der Waals surface area contributed by atoms with Crippen molar-refractivity contribution in [2.45, 2.75) is 25.8 Å². The van der Waals surface area contributed by atoms with Crippen LogP contribution in [0.3, 0.4) is 0 Å². The first-order chi connectivity index (χ1) is 12.1. The maximum atomic E-state index is 11.7. The summed E-state index contributed by atoms with van der Waals surface area (Å²) < 4.78 is 3.33. The summed E-state index contributed by atoms with van der Waals surface area (Å²) in [7, 11) is 0. The largest absolute Gasteiger partial charge is 0.340 e. The number of anilines is 1. The molecular weight excluding hydrogens is 489 g/mol. The summed E-state index contributed by atoms with van der Waals surface area (Å²) in [5.74, 6) is 1.50. The number of nitro benzene ring substituents is 1. The van der Waals surface area contributed by atoms with E-state index in [2.05, 4.69) is 46.6 Å². The van der Waals surface area contributed by atoms with Crippen LogP contribution in [-0.2, 0) is 6.54 Å². The molecule has 1 saturated heterocycles. The second kappa shape index (κ2) is 8.00. The molecule has 1 N–H and O–H groups in total. The van der Waals surface area contributed by atoms with E-state index in [0.717, 1.165) is 44.2 Å². The van der Waals surface area contributed by atoms with Crippen LogP contribution in [-0.4, -0.2) is 40.7 Å². The van der Waals surface area contributed by atoms with Gasteiger partial charge in [-0.05, 0) is 56.7 Å². The zero-order valence-electron chi connectivity index (χ0n) is 14.1. The average molecular weight is 510 g/mol. The molecule has 26 heavy (non-hydrogen) atoms. The van der Waals surface area contributed by atoms with Gasteiger partial charge in [-0.15, -0.1) is 12.4 Å². The van der Waals surface area contributed by atoms with Crippen molar-refractivity contribution >= 4 is 66.9 Å². The Balaban J connectivity index is 0.00000196. The zero-order chi connectivity index (χ0) is 17.6. The summed E-state index contributed by atoms with van der Waals surface area (Å²) >= 11 is 6.80. The molecule has 1 aliphatic carbocycles. The van der Waals surface area contributed by atoms with Crippen LogP contribution in [0, 0.1) is 16.0 Å². The Hall–Kier alpha value is -0.900. The van der Waals surface area contributed by atoms with Crippen molar-refractivity contribution < 1.29 is 4.92 Å². The summed E-state index contributed by atoms with van der Waals surface area (Å²) in [6, 6.07) is 1.95. The van der Waals surface area contributed by atoms with Crippen LogP contribution in [0.1, 0.15) is 19.3 Å². The molecule has 2 aliphatic rings. The third-order valence-corrected chi connectivity index (χ3v) is 7.10. The number of rotatable bonds is 4. The van der Waals surface area contributed by atoms with Crippen LogP contribution in [0.5, 0.6) is 0 Å². The zero-order valence-corrected chi connectivity index (χ0v) is 18.1. The second-order valence-electron chi connectivity index (χ2n) is 6.70. The summed E-state index contributed by atoms with van der Waals surface area (Å²) in [5, 5.41) is 15.0. The van der Waals surface area contributed by atoms with Crippen LogP contribution in [0.4, 0.5) is 11.6 Å². The molecule has 7 nitrogen and oxygen atoms in total. The van der Waals surface area contributed by atoms with Gasteiger partial charge in [0, 0.05) is 37.2 Å². The van der Waals surface area contributed by atoms with Gasteiger partial charge in [0.05, 0.1) is 10.4 Å². The van der Waals surface area contributed by atoms with E-state index in [1.165, 1.54) is 19.3 Å². The Labute approximate surface area is 174 Å². The Morgan fingerprint density at radius 3 is 2.58 bits per heavy atom. The monoisotopic (exact) mass is 507 g/mol. The molecule has 1 aliphatic heterocycles. The molecule has 2 fully saturated rings. The minimum absolute atomic E-state index is 0. The number of halogens is 3. The Kier molecular flexibility index (Phi) is 6.11. The van der Waals surface area contributed by atoms with Crippen molar-refractivity contribution in [1.82, 2.24) is 14.9 Å². The van der Waals surface area contributed by atoms with Crippen LogP contribution < -0.4 is 10.2 Å². The van der Waals surface area contributed by atoms with Gasteiger partial charge in [-0.25, -0.2) is 4.98 Å². The van der Waals surface area contributed by atoms with Crippen molar-refractivity contribution in [3.63, 3.8) is 0 Å². The lowest BCUT2D eigenvalue weighted by atomic mass is 9.85. The van der Waals surface area contributed by atoms with E-state index in [1.807, 2.05) is 6.07 Å². The van der Waals surface area contributed by atoms with Gasteiger partial charge >= 0.3 is 5.69 Å². The van der Waals surface area contributed by atoms with Gasteiger partial charge in [0.2, 0.25) is 5.95 Å². The molecule has 4 rings (SSSR count). The quantitative estimate of drug-likeness (QED) is 0.496. The molecule has 1 aromatic carbocycles. The number of aromatic nitrogens is 2. The topological polar surface area (TPSA) is 76.2 Å². The minimum atomic E-state index is -0.348. The van der Waals surface area contributed by atoms with Crippen molar-refractivity contribution in [2.75, 3.05) is 31.1 Å². The van der Waals surface area contributed by atoms with Gasteiger partial charge in [-0.1, -0.05) is 6.42 Å². The van der Waals surface area contributed by atoms with Crippen LogP contribution in [0.25, 0.3) is 11.0 Å². The summed E-state index contributed by atoms with van der Waals surface area (Å²) in [6.07, 6.45) is 3.72. The summed E-state index contributed by atoms with van der Waals surface area (Å²) in [6.45, 7) is 4.42. The molecule has 1 aromatic heterocycles. The van der Waals surface area contributed by atoms with Gasteiger partial charge in [0.15, 0.2) is 5.52 Å². The third kappa shape index (κ3) is 3.46. The highest BCUT2D eigenvalue weighted by Gasteiger charge is 2.29. The number of fused-ring (bicyclic) bond motifs is 1. The Bertz CT molecular complexity index is 834. The van der Waals surface area contributed by atoms with Gasteiger partial charge in [-0.3, -0.25) is 10.1 Å². The SMILES string of the molecule is Cl.O=[N+]([O-])c1c(Br)c(Br)cc2c1nc(N1CCNCC1)n2CC1CCC1. The van der Waals surface area contributed by atoms with Crippen molar-refractivity contribution in [1.29, 1.82) is 0 Å². The summed E-state index contributed by atoms with van der Waals surface area (Å²) in [4.78, 5) is 18.3. The standard InChI is InChI=1S/C16H19Br2N5O2.ClH/c17-11-8-12-14(15(13(11)18)23(24)25)20-16(21-6-4-19-5-7-21)22(12)9-10-2-1-3-10;/h8,10,19H,1-7,9H2;1H. The minimum Gasteiger partial charge on any atom is -0.340 e. The second-order valence-corrected chi connectivity index (χ2v) is 8.35. The van der Waals surface area contributed by atoms with Gasteiger partial charge < -0.3 is 14.8 Å². The van der Waals surface area contributed by atoms with Crippen LogP contribution in [0.15, 0.2) is 15.0 Å².